The molecule has 23 heavy (non-hydrogen) atoms. The highest BCUT2D eigenvalue weighted by Crippen LogP contribution is 2.25. The Bertz CT molecular complexity index is 636. The number of amides is 2. The summed E-state index contributed by atoms with van der Waals surface area (Å²) in [5.41, 5.74) is 3.11. The Kier molecular flexibility index (Phi) is 6.03. The van der Waals surface area contributed by atoms with Gasteiger partial charge >= 0.3 is 6.03 Å². The average molecular weight is 312 g/mol. The lowest BCUT2D eigenvalue weighted by Crippen LogP contribution is -2.32. The number of para-hydroxylation sites is 1. The van der Waals surface area contributed by atoms with Crippen LogP contribution in [0.3, 0.4) is 0 Å². The SMILES string of the molecule is Cc1ccc(NC(=O)NCCOc2ccccc2C(C)C)cc1. The Morgan fingerprint density at radius 2 is 1.78 bits per heavy atom. The zero-order valence-electron chi connectivity index (χ0n) is 13.9. The summed E-state index contributed by atoms with van der Waals surface area (Å²) in [6.45, 7) is 7.16. The van der Waals surface area contributed by atoms with E-state index in [1.54, 1.807) is 0 Å². The molecule has 2 N–H and O–H groups in total. The highest BCUT2D eigenvalue weighted by atomic mass is 16.5. The van der Waals surface area contributed by atoms with E-state index < -0.39 is 0 Å². The van der Waals surface area contributed by atoms with Crippen molar-refractivity contribution >= 4 is 11.7 Å². The molecule has 0 saturated carbocycles. The van der Waals surface area contributed by atoms with Crippen LogP contribution in [0.1, 0.15) is 30.9 Å². The lowest BCUT2D eigenvalue weighted by Gasteiger charge is -2.14. The van der Waals surface area contributed by atoms with Crippen molar-refractivity contribution in [2.45, 2.75) is 26.7 Å². The van der Waals surface area contributed by atoms with Crippen molar-refractivity contribution < 1.29 is 9.53 Å². The van der Waals surface area contributed by atoms with E-state index in [4.69, 9.17) is 4.74 Å². The molecule has 0 saturated heterocycles. The molecule has 2 aromatic carbocycles. The first kappa shape index (κ1) is 16.9. The molecule has 0 radical (unpaired) electrons. The summed E-state index contributed by atoms with van der Waals surface area (Å²) in [4.78, 5) is 11.8. The third kappa shape index (κ3) is 5.33. The van der Waals surface area contributed by atoms with Crippen LogP contribution in [0.2, 0.25) is 0 Å². The first-order valence-corrected chi connectivity index (χ1v) is 7.89. The van der Waals surface area contributed by atoms with E-state index in [1.807, 2.05) is 49.4 Å². The number of anilines is 1. The number of carbonyl (C=O) groups is 1. The highest BCUT2D eigenvalue weighted by molar-refractivity contribution is 5.89. The van der Waals surface area contributed by atoms with Gasteiger partial charge in [0.25, 0.3) is 0 Å². The van der Waals surface area contributed by atoms with Gasteiger partial charge in [0, 0.05) is 5.69 Å². The van der Waals surface area contributed by atoms with E-state index in [1.165, 1.54) is 5.56 Å². The van der Waals surface area contributed by atoms with Crippen molar-refractivity contribution in [1.29, 1.82) is 0 Å². The Morgan fingerprint density at radius 3 is 2.48 bits per heavy atom. The van der Waals surface area contributed by atoms with Crippen LogP contribution in [0, 0.1) is 6.92 Å². The maximum absolute atomic E-state index is 11.8. The molecular weight excluding hydrogens is 288 g/mol. The Labute approximate surface area is 137 Å². The van der Waals surface area contributed by atoms with Gasteiger partial charge in [0.05, 0.1) is 6.54 Å². The molecule has 0 unspecified atom stereocenters. The largest absolute Gasteiger partial charge is 0.491 e. The Balaban J connectivity index is 1.75. The van der Waals surface area contributed by atoms with Gasteiger partial charge < -0.3 is 15.4 Å². The highest BCUT2D eigenvalue weighted by Gasteiger charge is 2.07. The number of benzene rings is 2. The summed E-state index contributed by atoms with van der Waals surface area (Å²) < 4.78 is 5.77. The second kappa shape index (κ2) is 8.22. The number of nitrogens with one attached hydrogen (secondary N) is 2. The fourth-order valence-electron chi connectivity index (χ4n) is 2.23. The molecule has 2 aromatic rings. The van der Waals surface area contributed by atoms with Crippen molar-refractivity contribution in [2.75, 3.05) is 18.5 Å². The summed E-state index contributed by atoms with van der Waals surface area (Å²) in [6.07, 6.45) is 0. The van der Waals surface area contributed by atoms with Crippen LogP contribution >= 0.6 is 0 Å². The van der Waals surface area contributed by atoms with Gasteiger partial charge in [-0.3, -0.25) is 0 Å². The molecule has 0 bridgehead atoms. The molecule has 2 amide bonds. The first-order valence-electron chi connectivity index (χ1n) is 7.89. The molecule has 0 aliphatic heterocycles. The maximum Gasteiger partial charge on any atom is 0.319 e. The van der Waals surface area contributed by atoms with Gasteiger partial charge in [-0.25, -0.2) is 4.79 Å². The number of carbonyl (C=O) groups excluding carboxylic acids is 1. The van der Waals surface area contributed by atoms with E-state index in [9.17, 15) is 4.79 Å². The van der Waals surface area contributed by atoms with Gasteiger partial charge in [0.2, 0.25) is 0 Å². The minimum atomic E-state index is -0.227. The number of urea groups is 1. The smallest absolute Gasteiger partial charge is 0.319 e. The predicted octanol–water partition coefficient (Wildman–Crippen LogP) is 4.32. The normalized spacial score (nSPS) is 10.4. The van der Waals surface area contributed by atoms with Crippen molar-refractivity contribution in [3.05, 3.63) is 59.7 Å². The van der Waals surface area contributed by atoms with Crippen LogP contribution in [-0.2, 0) is 0 Å². The van der Waals surface area contributed by atoms with Crippen LogP contribution < -0.4 is 15.4 Å². The summed E-state index contributed by atoms with van der Waals surface area (Å²) in [6, 6.07) is 15.4. The van der Waals surface area contributed by atoms with Crippen LogP contribution in [0.25, 0.3) is 0 Å². The maximum atomic E-state index is 11.8. The standard InChI is InChI=1S/C19H24N2O2/c1-14(2)17-6-4-5-7-18(17)23-13-12-20-19(22)21-16-10-8-15(3)9-11-16/h4-11,14H,12-13H2,1-3H3,(H2,20,21,22). The van der Waals surface area contributed by atoms with Gasteiger partial charge in [0.15, 0.2) is 0 Å². The van der Waals surface area contributed by atoms with Crippen molar-refractivity contribution in [3.63, 3.8) is 0 Å². The minimum Gasteiger partial charge on any atom is -0.491 e. The van der Waals surface area contributed by atoms with Crippen LogP contribution in [0.5, 0.6) is 5.75 Å². The summed E-state index contributed by atoms with van der Waals surface area (Å²) >= 11 is 0. The van der Waals surface area contributed by atoms with Gasteiger partial charge in [-0.15, -0.1) is 0 Å². The molecule has 4 heteroatoms. The van der Waals surface area contributed by atoms with Gasteiger partial charge in [-0.05, 0) is 36.6 Å². The number of hydrogen-bond acceptors (Lipinski definition) is 2. The van der Waals surface area contributed by atoms with Crippen LogP contribution in [0.15, 0.2) is 48.5 Å². The first-order chi connectivity index (χ1) is 11.1. The van der Waals surface area contributed by atoms with Crippen molar-refractivity contribution in [2.24, 2.45) is 0 Å². The fraction of sp³-hybridized carbons (Fsp3) is 0.316. The molecule has 0 fully saturated rings. The molecule has 4 nitrogen and oxygen atoms in total. The van der Waals surface area contributed by atoms with E-state index in [2.05, 4.69) is 30.5 Å². The second-order valence-electron chi connectivity index (χ2n) is 5.79. The molecule has 2 rings (SSSR count). The third-order valence-corrected chi connectivity index (χ3v) is 3.50. The predicted molar refractivity (Wildman–Crippen MR) is 94.2 cm³/mol. The molecule has 0 atom stereocenters. The van der Waals surface area contributed by atoms with Gasteiger partial charge in [0.1, 0.15) is 12.4 Å². The quantitative estimate of drug-likeness (QED) is 0.781. The molecule has 0 aliphatic rings. The number of rotatable bonds is 6. The van der Waals surface area contributed by atoms with E-state index in [0.717, 1.165) is 17.0 Å². The molecule has 0 spiro atoms. The van der Waals surface area contributed by atoms with Crippen LogP contribution in [-0.4, -0.2) is 19.2 Å². The van der Waals surface area contributed by atoms with E-state index in [-0.39, 0.29) is 6.03 Å². The lowest BCUT2D eigenvalue weighted by atomic mass is 10.0. The fourth-order valence-corrected chi connectivity index (χ4v) is 2.23. The molecule has 122 valence electrons. The monoisotopic (exact) mass is 312 g/mol. The summed E-state index contributed by atoms with van der Waals surface area (Å²) in [5, 5.41) is 5.58. The Morgan fingerprint density at radius 1 is 1.09 bits per heavy atom. The second-order valence-corrected chi connectivity index (χ2v) is 5.79. The van der Waals surface area contributed by atoms with E-state index in [0.29, 0.717) is 19.1 Å². The lowest BCUT2D eigenvalue weighted by molar-refractivity contribution is 0.247. The molecule has 0 aliphatic carbocycles. The zero-order chi connectivity index (χ0) is 16.7. The van der Waals surface area contributed by atoms with Crippen molar-refractivity contribution in [3.8, 4) is 5.75 Å². The summed E-state index contributed by atoms with van der Waals surface area (Å²) in [7, 11) is 0. The van der Waals surface area contributed by atoms with Gasteiger partial charge in [-0.2, -0.15) is 0 Å². The topological polar surface area (TPSA) is 50.4 Å². The average Bonchev–Trinajstić information content (AvgIpc) is 2.54. The molecule has 0 aromatic heterocycles. The Hall–Kier alpha value is -2.49. The van der Waals surface area contributed by atoms with Crippen molar-refractivity contribution in [1.82, 2.24) is 5.32 Å². The minimum absolute atomic E-state index is 0.227. The zero-order valence-corrected chi connectivity index (χ0v) is 13.9. The summed E-state index contributed by atoms with van der Waals surface area (Å²) in [5.74, 6) is 1.28. The third-order valence-electron chi connectivity index (χ3n) is 3.50. The van der Waals surface area contributed by atoms with Crippen LogP contribution in [0.4, 0.5) is 10.5 Å². The van der Waals surface area contributed by atoms with Gasteiger partial charge in [-0.1, -0.05) is 49.7 Å². The molecular formula is C19H24N2O2. The number of hydrogen-bond donors (Lipinski definition) is 2. The number of ether oxygens (including phenoxy) is 1. The number of aryl methyl sites for hydroxylation is 1. The van der Waals surface area contributed by atoms with E-state index >= 15 is 0 Å². The molecule has 0 heterocycles.